The molecule has 0 aliphatic heterocycles. The smallest absolute Gasteiger partial charge is 0.252 e. The summed E-state index contributed by atoms with van der Waals surface area (Å²) in [5.41, 5.74) is 6.58. The minimum atomic E-state index is -2.62. The first-order chi connectivity index (χ1) is 7.54. The molecular weight excluding hydrogens is 224 g/mol. The molecule has 0 spiro atoms. The minimum Gasteiger partial charge on any atom is -0.320 e. The molecule has 0 bridgehead atoms. The molecule has 5 heteroatoms. The zero-order chi connectivity index (χ0) is 13.1. The van der Waals surface area contributed by atoms with Crippen LogP contribution in [0, 0.1) is 0 Å². The molecule has 1 aliphatic carbocycles. The molecule has 96 valence electrons. The molecule has 1 aromatic rings. The number of nitrogens with two attached hydrogens (primary N) is 1. The van der Waals surface area contributed by atoms with Crippen LogP contribution in [0.3, 0.4) is 0 Å². The molecule has 1 fully saturated rings. The Morgan fingerprint density at radius 3 is 2.24 bits per heavy atom. The number of nitrogens with zero attached hydrogens (tertiary/aromatic N) is 2. The quantitative estimate of drug-likeness (QED) is 0.822. The van der Waals surface area contributed by atoms with E-state index in [1.54, 1.807) is 11.7 Å². The van der Waals surface area contributed by atoms with Crippen molar-refractivity contribution in [2.45, 2.75) is 50.5 Å². The molecule has 0 unspecified atom stereocenters. The summed E-state index contributed by atoms with van der Waals surface area (Å²) < 4.78 is 27.6. The summed E-state index contributed by atoms with van der Waals surface area (Å²) in [6, 6.07) is 1.86. The van der Waals surface area contributed by atoms with Crippen molar-refractivity contribution in [1.82, 2.24) is 9.78 Å². The molecular formula is C12H19F2N3. The number of halogens is 2. The van der Waals surface area contributed by atoms with E-state index >= 15 is 0 Å². The molecule has 0 aromatic carbocycles. The van der Waals surface area contributed by atoms with E-state index in [9.17, 15) is 8.78 Å². The second-order valence-electron chi connectivity index (χ2n) is 6.15. The Hall–Kier alpha value is -0.970. The van der Waals surface area contributed by atoms with Crippen molar-refractivity contribution < 1.29 is 8.78 Å². The van der Waals surface area contributed by atoms with Gasteiger partial charge in [-0.05, 0) is 6.07 Å². The zero-order valence-electron chi connectivity index (χ0n) is 10.7. The predicted molar refractivity (Wildman–Crippen MR) is 62.0 cm³/mol. The molecule has 0 atom stereocenters. The number of hydrogen-bond acceptors (Lipinski definition) is 2. The van der Waals surface area contributed by atoms with E-state index in [2.05, 4.69) is 5.10 Å². The van der Waals surface area contributed by atoms with Gasteiger partial charge in [-0.2, -0.15) is 5.10 Å². The zero-order valence-corrected chi connectivity index (χ0v) is 10.7. The van der Waals surface area contributed by atoms with Gasteiger partial charge in [-0.1, -0.05) is 20.8 Å². The number of aryl methyl sites for hydroxylation is 1. The Kier molecular flexibility index (Phi) is 2.41. The van der Waals surface area contributed by atoms with Crippen LogP contribution in [0.25, 0.3) is 0 Å². The third-order valence-electron chi connectivity index (χ3n) is 3.31. The van der Waals surface area contributed by atoms with E-state index in [1.165, 1.54) is 0 Å². The van der Waals surface area contributed by atoms with Crippen LogP contribution in [0.4, 0.5) is 8.78 Å². The number of rotatable bonds is 1. The van der Waals surface area contributed by atoms with Gasteiger partial charge in [0.25, 0.3) is 5.92 Å². The Morgan fingerprint density at radius 2 is 1.88 bits per heavy atom. The fourth-order valence-electron chi connectivity index (χ4n) is 2.35. The van der Waals surface area contributed by atoms with Crippen molar-refractivity contribution in [3.8, 4) is 0 Å². The van der Waals surface area contributed by atoms with Gasteiger partial charge in [0.2, 0.25) is 0 Å². The fraction of sp³-hybridized carbons (Fsp3) is 0.750. The Balaban J connectivity index is 2.32. The molecule has 0 saturated heterocycles. The normalized spacial score (nSPS) is 22.3. The van der Waals surface area contributed by atoms with Gasteiger partial charge in [-0.25, -0.2) is 8.78 Å². The number of alkyl halides is 2. The van der Waals surface area contributed by atoms with Crippen LogP contribution in [-0.2, 0) is 18.0 Å². The summed E-state index contributed by atoms with van der Waals surface area (Å²) in [6.45, 7) is 6.12. The van der Waals surface area contributed by atoms with Crippen LogP contribution in [-0.4, -0.2) is 15.7 Å². The number of hydrogen-bond donors (Lipinski definition) is 1. The van der Waals surface area contributed by atoms with E-state index in [-0.39, 0.29) is 18.3 Å². The van der Waals surface area contributed by atoms with E-state index in [1.807, 2.05) is 26.8 Å². The van der Waals surface area contributed by atoms with Crippen LogP contribution in [0.2, 0.25) is 0 Å². The van der Waals surface area contributed by atoms with Gasteiger partial charge in [-0.3, -0.25) is 4.68 Å². The molecule has 1 aromatic heterocycles. The highest BCUT2D eigenvalue weighted by atomic mass is 19.3. The fourth-order valence-corrected chi connectivity index (χ4v) is 2.35. The third-order valence-corrected chi connectivity index (χ3v) is 3.31. The van der Waals surface area contributed by atoms with Crippen LogP contribution in [0.15, 0.2) is 6.07 Å². The van der Waals surface area contributed by atoms with Crippen LogP contribution in [0.1, 0.15) is 45.0 Å². The molecule has 2 rings (SSSR count). The highest BCUT2D eigenvalue weighted by Crippen LogP contribution is 2.50. The van der Waals surface area contributed by atoms with Gasteiger partial charge in [0.15, 0.2) is 0 Å². The van der Waals surface area contributed by atoms with Crippen molar-refractivity contribution in [3.05, 3.63) is 17.5 Å². The lowest BCUT2D eigenvalue weighted by molar-refractivity contribution is -0.127. The molecule has 17 heavy (non-hydrogen) atoms. The lowest BCUT2D eigenvalue weighted by Crippen LogP contribution is -2.56. The molecule has 0 radical (unpaired) electrons. The highest BCUT2D eigenvalue weighted by Gasteiger charge is 2.56. The lowest BCUT2D eigenvalue weighted by atomic mass is 9.71. The van der Waals surface area contributed by atoms with Gasteiger partial charge in [0.05, 0.1) is 16.9 Å². The second kappa shape index (κ2) is 3.28. The van der Waals surface area contributed by atoms with E-state index in [0.29, 0.717) is 5.69 Å². The maximum atomic E-state index is 13.0. The van der Waals surface area contributed by atoms with Crippen LogP contribution < -0.4 is 5.73 Å². The van der Waals surface area contributed by atoms with Crippen LogP contribution >= 0.6 is 0 Å². The molecule has 1 aliphatic rings. The monoisotopic (exact) mass is 243 g/mol. The maximum absolute atomic E-state index is 13.0. The summed E-state index contributed by atoms with van der Waals surface area (Å²) in [5, 5.41) is 4.37. The lowest BCUT2D eigenvalue weighted by Gasteiger charge is -2.44. The maximum Gasteiger partial charge on any atom is 0.252 e. The summed E-state index contributed by atoms with van der Waals surface area (Å²) in [7, 11) is 1.76. The third kappa shape index (κ3) is 2.08. The average Bonchev–Trinajstić information content (AvgIpc) is 2.42. The summed E-state index contributed by atoms with van der Waals surface area (Å²) >= 11 is 0. The minimum absolute atomic E-state index is 0.0986. The molecule has 1 saturated carbocycles. The Morgan fingerprint density at radius 1 is 1.35 bits per heavy atom. The van der Waals surface area contributed by atoms with Gasteiger partial charge in [-0.15, -0.1) is 0 Å². The van der Waals surface area contributed by atoms with Gasteiger partial charge >= 0.3 is 0 Å². The summed E-state index contributed by atoms with van der Waals surface area (Å²) in [4.78, 5) is 0. The van der Waals surface area contributed by atoms with Crippen molar-refractivity contribution in [2.24, 2.45) is 12.8 Å². The van der Waals surface area contributed by atoms with Crippen molar-refractivity contribution >= 4 is 0 Å². The van der Waals surface area contributed by atoms with Gasteiger partial charge in [0, 0.05) is 25.3 Å². The van der Waals surface area contributed by atoms with Crippen LogP contribution in [0.5, 0.6) is 0 Å². The SMILES string of the molecule is Cn1nc(C(C)(C)C)cc1C1(N)CC(F)(F)C1. The van der Waals surface area contributed by atoms with E-state index < -0.39 is 11.5 Å². The first-order valence-electron chi connectivity index (χ1n) is 5.75. The Bertz CT molecular complexity index is 435. The van der Waals surface area contributed by atoms with E-state index in [4.69, 9.17) is 5.73 Å². The predicted octanol–water partition coefficient (Wildman–Crippen LogP) is 2.30. The number of aromatic nitrogens is 2. The summed E-state index contributed by atoms with van der Waals surface area (Å²) in [6.07, 6.45) is -0.577. The highest BCUT2D eigenvalue weighted by molar-refractivity contribution is 5.27. The largest absolute Gasteiger partial charge is 0.320 e. The topological polar surface area (TPSA) is 43.8 Å². The molecule has 0 amide bonds. The van der Waals surface area contributed by atoms with Crippen molar-refractivity contribution in [1.29, 1.82) is 0 Å². The first-order valence-corrected chi connectivity index (χ1v) is 5.75. The van der Waals surface area contributed by atoms with Crippen molar-refractivity contribution in [2.75, 3.05) is 0 Å². The Labute approximate surface area is 100.0 Å². The first kappa shape index (κ1) is 12.5. The molecule has 3 nitrogen and oxygen atoms in total. The van der Waals surface area contributed by atoms with Gasteiger partial charge in [0.1, 0.15) is 0 Å². The average molecular weight is 243 g/mol. The van der Waals surface area contributed by atoms with Crippen molar-refractivity contribution in [3.63, 3.8) is 0 Å². The second-order valence-corrected chi connectivity index (χ2v) is 6.15. The van der Waals surface area contributed by atoms with E-state index in [0.717, 1.165) is 5.69 Å². The molecule has 1 heterocycles. The standard InChI is InChI=1S/C12H19F2N3/c1-10(2,3)8-5-9(17(4)16-8)11(15)6-12(13,14)7-11/h5H,6-7,15H2,1-4H3. The van der Waals surface area contributed by atoms with Gasteiger partial charge < -0.3 is 5.73 Å². The summed E-state index contributed by atoms with van der Waals surface area (Å²) in [5.74, 6) is -2.62. The molecule has 2 N–H and O–H groups in total.